The minimum absolute atomic E-state index is 0.143. The number of furan rings is 1. The van der Waals surface area contributed by atoms with Crippen LogP contribution in [0.15, 0.2) is 55.0 Å². The van der Waals surface area contributed by atoms with E-state index in [4.69, 9.17) is 13.5 Å². The highest BCUT2D eigenvalue weighted by Gasteiger charge is 2.15. The predicted octanol–water partition coefficient (Wildman–Crippen LogP) is 1.90. The maximum Gasteiger partial charge on any atom is 0.293 e. The molecule has 0 atom stereocenters. The lowest BCUT2D eigenvalue weighted by Gasteiger charge is -2.02. The summed E-state index contributed by atoms with van der Waals surface area (Å²) in [6, 6.07) is 6.77. The average molecular weight is 325 g/mol. The molecule has 0 amide bonds. The number of aromatic nitrogens is 5. The Kier molecular flexibility index (Phi) is 3.30. The molecule has 0 aliphatic rings. The molecular weight excluding hydrogens is 314 g/mol. The third-order valence-corrected chi connectivity index (χ3v) is 3.29. The van der Waals surface area contributed by atoms with Gasteiger partial charge >= 0.3 is 0 Å². The summed E-state index contributed by atoms with van der Waals surface area (Å²) in [5.74, 6) is 1.71. The van der Waals surface area contributed by atoms with Crippen LogP contribution in [-0.2, 0) is 6.54 Å². The van der Waals surface area contributed by atoms with Gasteiger partial charge in [0.2, 0.25) is 0 Å². The second-order valence-corrected chi connectivity index (χ2v) is 4.99. The summed E-state index contributed by atoms with van der Waals surface area (Å²) in [5, 5.41) is 7.55. The standard InChI is InChI=1S/C15H11N5O4/c1-9-16-13(23-18-9)10-4-2-6-20(15(10)21)8-12-17-14(24-19-12)11-5-3-7-22-11/h2-7H,8H2,1H3. The fourth-order valence-electron chi connectivity index (χ4n) is 2.20. The fraction of sp³-hybridized carbons (Fsp3) is 0.133. The van der Waals surface area contributed by atoms with Gasteiger partial charge in [-0.15, -0.1) is 0 Å². The Balaban J connectivity index is 1.65. The van der Waals surface area contributed by atoms with Crippen LogP contribution in [0.25, 0.3) is 23.1 Å². The second-order valence-electron chi connectivity index (χ2n) is 4.99. The summed E-state index contributed by atoms with van der Waals surface area (Å²) in [5.41, 5.74) is 0.0263. The van der Waals surface area contributed by atoms with Crippen molar-refractivity contribution < 1.29 is 13.5 Å². The van der Waals surface area contributed by atoms with E-state index in [1.165, 1.54) is 10.8 Å². The van der Waals surface area contributed by atoms with Gasteiger partial charge in [0.25, 0.3) is 17.3 Å². The molecule has 0 spiro atoms. The quantitative estimate of drug-likeness (QED) is 0.559. The zero-order chi connectivity index (χ0) is 16.5. The first kappa shape index (κ1) is 14.1. The Bertz CT molecular complexity index is 1030. The monoisotopic (exact) mass is 325 g/mol. The Morgan fingerprint density at radius 1 is 1.08 bits per heavy atom. The first-order valence-corrected chi connectivity index (χ1v) is 7.07. The Labute approximate surface area is 134 Å². The van der Waals surface area contributed by atoms with E-state index in [1.54, 1.807) is 37.4 Å². The van der Waals surface area contributed by atoms with Crippen LogP contribution in [0.3, 0.4) is 0 Å². The Hall–Kier alpha value is -3.49. The number of aryl methyl sites for hydroxylation is 1. The lowest BCUT2D eigenvalue weighted by Crippen LogP contribution is -2.22. The molecule has 0 radical (unpaired) electrons. The van der Waals surface area contributed by atoms with Gasteiger partial charge in [0, 0.05) is 6.20 Å². The molecule has 4 rings (SSSR count). The molecular formula is C15H11N5O4. The molecule has 0 saturated heterocycles. The Morgan fingerprint density at radius 3 is 2.71 bits per heavy atom. The van der Waals surface area contributed by atoms with Gasteiger partial charge < -0.3 is 18.0 Å². The smallest absolute Gasteiger partial charge is 0.293 e. The average Bonchev–Trinajstić information content (AvgIpc) is 3.30. The van der Waals surface area contributed by atoms with Crippen LogP contribution in [0, 0.1) is 6.92 Å². The van der Waals surface area contributed by atoms with Crippen LogP contribution in [0.1, 0.15) is 11.6 Å². The van der Waals surface area contributed by atoms with Gasteiger partial charge in [-0.2, -0.15) is 9.97 Å². The minimum atomic E-state index is -0.287. The molecule has 0 aliphatic heterocycles. The largest absolute Gasteiger partial charge is 0.459 e. The predicted molar refractivity (Wildman–Crippen MR) is 79.8 cm³/mol. The molecule has 9 heteroatoms. The van der Waals surface area contributed by atoms with E-state index >= 15 is 0 Å². The van der Waals surface area contributed by atoms with E-state index in [-0.39, 0.29) is 23.9 Å². The van der Waals surface area contributed by atoms with E-state index in [9.17, 15) is 4.79 Å². The van der Waals surface area contributed by atoms with Crippen molar-refractivity contribution in [1.82, 2.24) is 24.8 Å². The molecule has 0 fully saturated rings. The SMILES string of the molecule is Cc1noc(-c2cccn(Cc3noc(-c4ccco4)n3)c2=O)n1. The minimum Gasteiger partial charge on any atom is -0.459 e. The molecule has 120 valence electrons. The molecule has 4 aromatic heterocycles. The topological polar surface area (TPSA) is 113 Å². The lowest BCUT2D eigenvalue weighted by atomic mass is 10.2. The summed E-state index contributed by atoms with van der Waals surface area (Å²) < 4.78 is 16.8. The Morgan fingerprint density at radius 2 is 1.96 bits per heavy atom. The van der Waals surface area contributed by atoms with E-state index in [0.29, 0.717) is 23.0 Å². The van der Waals surface area contributed by atoms with Gasteiger partial charge in [-0.05, 0) is 31.2 Å². The first-order valence-electron chi connectivity index (χ1n) is 7.07. The zero-order valence-electron chi connectivity index (χ0n) is 12.5. The highest BCUT2D eigenvalue weighted by atomic mass is 16.5. The van der Waals surface area contributed by atoms with Crippen molar-refractivity contribution in [3.63, 3.8) is 0 Å². The molecule has 0 aromatic carbocycles. The van der Waals surface area contributed by atoms with Gasteiger partial charge in [-0.25, -0.2) is 0 Å². The maximum atomic E-state index is 12.5. The molecule has 24 heavy (non-hydrogen) atoms. The number of pyridine rings is 1. The summed E-state index contributed by atoms with van der Waals surface area (Å²) in [4.78, 5) is 20.8. The highest BCUT2D eigenvalue weighted by Crippen LogP contribution is 2.17. The third-order valence-electron chi connectivity index (χ3n) is 3.29. The summed E-state index contributed by atoms with van der Waals surface area (Å²) in [6.07, 6.45) is 3.14. The normalized spacial score (nSPS) is 11.0. The van der Waals surface area contributed by atoms with Gasteiger partial charge in [-0.3, -0.25) is 4.79 Å². The number of rotatable bonds is 4. The molecule has 0 N–H and O–H groups in total. The van der Waals surface area contributed by atoms with Crippen molar-refractivity contribution in [3.8, 4) is 23.1 Å². The van der Waals surface area contributed by atoms with E-state index in [2.05, 4.69) is 20.3 Å². The zero-order valence-corrected chi connectivity index (χ0v) is 12.5. The number of hydrogen-bond acceptors (Lipinski definition) is 8. The van der Waals surface area contributed by atoms with E-state index < -0.39 is 0 Å². The molecule has 4 heterocycles. The molecule has 0 aliphatic carbocycles. The maximum absolute atomic E-state index is 12.5. The van der Waals surface area contributed by atoms with Crippen molar-refractivity contribution in [1.29, 1.82) is 0 Å². The number of nitrogens with zero attached hydrogens (tertiary/aromatic N) is 5. The second kappa shape index (κ2) is 5.61. The molecule has 0 saturated carbocycles. The van der Waals surface area contributed by atoms with Crippen LogP contribution in [-0.4, -0.2) is 24.8 Å². The van der Waals surface area contributed by atoms with Gasteiger partial charge in [0.05, 0.1) is 12.8 Å². The molecule has 9 nitrogen and oxygen atoms in total. The molecule has 0 unspecified atom stereocenters. The van der Waals surface area contributed by atoms with Crippen molar-refractivity contribution >= 4 is 0 Å². The van der Waals surface area contributed by atoms with Crippen LogP contribution in [0.4, 0.5) is 0 Å². The van der Waals surface area contributed by atoms with E-state index in [1.807, 2.05) is 0 Å². The van der Waals surface area contributed by atoms with Gasteiger partial charge in [0.15, 0.2) is 17.4 Å². The van der Waals surface area contributed by atoms with E-state index in [0.717, 1.165) is 0 Å². The third kappa shape index (κ3) is 2.51. The van der Waals surface area contributed by atoms with Crippen molar-refractivity contribution in [2.45, 2.75) is 13.5 Å². The fourth-order valence-corrected chi connectivity index (χ4v) is 2.20. The van der Waals surface area contributed by atoms with Gasteiger partial charge in [0.1, 0.15) is 5.56 Å². The van der Waals surface area contributed by atoms with Crippen molar-refractivity contribution in [3.05, 3.63) is 58.7 Å². The van der Waals surface area contributed by atoms with Crippen LogP contribution >= 0.6 is 0 Å². The summed E-state index contributed by atoms with van der Waals surface area (Å²) in [7, 11) is 0. The summed E-state index contributed by atoms with van der Waals surface area (Å²) >= 11 is 0. The van der Waals surface area contributed by atoms with Crippen molar-refractivity contribution in [2.24, 2.45) is 0 Å². The lowest BCUT2D eigenvalue weighted by molar-refractivity contribution is 0.407. The van der Waals surface area contributed by atoms with Crippen molar-refractivity contribution in [2.75, 3.05) is 0 Å². The van der Waals surface area contributed by atoms with Crippen LogP contribution < -0.4 is 5.56 Å². The van der Waals surface area contributed by atoms with Crippen LogP contribution in [0.5, 0.6) is 0 Å². The highest BCUT2D eigenvalue weighted by molar-refractivity contribution is 5.50. The van der Waals surface area contributed by atoms with Gasteiger partial charge in [-0.1, -0.05) is 10.3 Å². The van der Waals surface area contributed by atoms with Crippen LogP contribution in [0.2, 0.25) is 0 Å². The number of hydrogen-bond donors (Lipinski definition) is 0. The molecule has 0 bridgehead atoms. The first-order chi connectivity index (χ1) is 11.7. The summed E-state index contributed by atoms with van der Waals surface area (Å²) in [6.45, 7) is 1.83. The molecule has 4 aromatic rings.